The summed E-state index contributed by atoms with van der Waals surface area (Å²) in [7, 11) is 1.38. The number of nitrogens with zero attached hydrogens (tertiary/aromatic N) is 2. The Morgan fingerprint density at radius 2 is 1.88 bits per heavy atom. The lowest BCUT2D eigenvalue weighted by molar-refractivity contribution is -0.138. The quantitative estimate of drug-likeness (QED) is 0.812. The van der Waals surface area contributed by atoms with Gasteiger partial charge in [0.1, 0.15) is 11.4 Å². The van der Waals surface area contributed by atoms with Gasteiger partial charge in [0.2, 0.25) is 5.95 Å². The molecule has 0 atom stereocenters. The lowest BCUT2D eigenvalue weighted by Gasteiger charge is -2.13. The number of aromatic nitrogens is 2. The van der Waals surface area contributed by atoms with Gasteiger partial charge < -0.3 is 16.2 Å². The molecule has 0 bridgehead atoms. The highest BCUT2D eigenvalue weighted by molar-refractivity contribution is 5.47. The van der Waals surface area contributed by atoms with Crippen LogP contribution in [-0.2, 0) is 17.3 Å². The zero-order chi connectivity index (χ0) is 12.3. The van der Waals surface area contributed by atoms with E-state index in [1.54, 1.807) is 0 Å². The molecule has 0 amide bonds. The predicted octanol–water partition coefficient (Wildman–Crippen LogP) is 0.849. The number of methoxy groups -OCH3 is 1. The van der Waals surface area contributed by atoms with Crippen molar-refractivity contribution in [2.24, 2.45) is 0 Å². The molecule has 1 heterocycles. The second-order valence-corrected chi connectivity index (χ2v) is 3.03. The number of rotatable bonds is 3. The number of anilines is 2. The molecule has 0 aliphatic rings. The maximum Gasteiger partial charge on any atom is 0.421 e. The van der Waals surface area contributed by atoms with E-state index in [4.69, 9.17) is 11.5 Å². The van der Waals surface area contributed by atoms with Crippen molar-refractivity contribution in [1.29, 1.82) is 0 Å². The van der Waals surface area contributed by atoms with E-state index < -0.39 is 17.6 Å². The second-order valence-electron chi connectivity index (χ2n) is 3.03. The summed E-state index contributed by atoms with van der Waals surface area (Å²) in [6, 6.07) is 0. The van der Waals surface area contributed by atoms with Gasteiger partial charge in [-0.1, -0.05) is 0 Å². The maximum atomic E-state index is 12.6. The van der Waals surface area contributed by atoms with Gasteiger partial charge in [0.25, 0.3) is 0 Å². The Bertz CT molecular complexity index is 380. The SMILES string of the molecule is COCCc1nc(N)nc(N)c1C(F)(F)F. The number of alkyl halides is 3. The third-order valence-corrected chi connectivity index (χ3v) is 1.86. The summed E-state index contributed by atoms with van der Waals surface area (Å²) < 4.78 is 42.6. The number of halogens is 3. The van der Waals surface area contributed by atoms with Crippen LogP contribution in [0.3, 0.4) is 0 Å². The molecule has 0 aromatic carbocycles. The standard InChI is InChI=1S/C8H11F3N4O/c1-16-3-2-4-5(8(9,10)11)6(12)15-7(13)14-4/h2-3H2,1H3,(H4,12,13,14,15). The molecule has 0 fully saturated rings. The predicted molar refractivity (Wildman–Crippen MR) is 51.4 cm³/mol. The molecule has 0 saturated heterocycles. The van der Waals surface area contributed by atoms with Gasteiger partial charge in [0, 0.05) is 13.5 Å². The molecule has 90 valence electrons. The van der Waals surface area contributed by atoms with E-state index in [0.29, 0.717) is 0 Å². The van der Waals surface area contributed by atoms with Crippen LogP contribution in [0.25, 0.3) is 0 Å². The second kappa shape index (κ2) is 4.52. The maximum absolute atomic E-state index is 12.6. The molecule has 1 aromatic rings. The van der Waals surface area contributed by atoms with Gasteiger partial charge in [-0.3, -0.25) is 0 Å². The van der Waals surface area contributed by atoms with Gasteiger partial charge in [-0.25, -0.2) is 4.98 Å². The normalized spacial score (nSPS) is 11.8. The largest absolute Gasteiger partial charge is 0.421 e. The molecule has 4 N–H and O–H groups in total. The number of nitrogens with two attached hydrogens (primary N) is 2. The highest BCUT2D eigenvalue weighted by Crippen LogP contribution is 2.35. The van der Waals surface area contributed by atoms with E-state index in [-0.39, 0.29) is 24.7 Å². The van der Waals surface area contributed by atoms with Gasteiger partial charge >= 0.3 is 6.18 Å². The number of nitrogen functional groups attached to an aromatic ring is 2. The van der Waals surface area contributed by atoms with E-state index in [1.807, 2.05) is 0 Å². The Kier molecular flexibility index (Phi) is 3.53. The van der Waals surface area contributed by atoms with E-state index in [2.05, 4.69) is 14.7 Å². The van der Waals surface area contributed by atoms with Crippen molar-refractivity contribution in [3.63, 3.8) is 0 Å². The van der Waals surface area contributed by atoms with Crippen molar-refractivity contribution in [2.75, 3.05) is 25.2 Å². The van der Waals surface area contributed by atoms with Gasteiger partial charge in [-0.2, -0.15) is 18.2 Å². The third-order valence-electron chi connectivity index (χ3n) is 1.86. The topological polar surface area (TPSA) is 87.0 Å². The third kappa shape index (κ3) is 2.72. The van der Waals surface area contributed by atoms with Crippen LogP contribution in [-0.4, -0.2) is 23.7 Å². The molecule has 5 nitrogen and oxygen atoms in total. The van der Waals surface area contributed by atoms with Crippen LogP contribution < -0.4 is 11.5 Å². The van der Waals surface area contributed by atoms with E-state index >= 15 is 0 Å². The van der Waals surface area contributed by atoms with Gasteiger partial charge in [-0.15, -0.1) is 0 Å². The van der Waals surface area contributed by atoms with Crippen molar-refractivity contribution in [1.82, 2.24) is 9.97 Å². The van der Waals surface area contributed by atoms with Crippen LogP contribution in [0.4, 0.5) is 24.9 Å². The molecule has 0 radical (unpaired) electrons. The zero-order valence-electron chi connectivity index (χ0n) is 8.51. The fraction of sp³-hybridized carbons (Fsp3) is 0.500. The molecule has 8 heteroatoms. The lowest BCUT2D eigenvalue weighted by Crippen LogP contribution is -2.18. The van der Waals surface area contributed by atoms with Crippen LogP contribution in [0.15, 0.2) is 0 Å². The summed E-state index contributed by atoms with van der Waals surface area (Å²) in [5.41, 5.74) is 9.13. The first-order chi connectivity index (χ1) is 7.36. The van der Waals surface area contributed by atoms with E-state index in [9.17, 15) is 13.2 Å². The first kappa shape index (κ1) is 12.5. The molecule has 0 aliphatic carbocycles. The van der Waals surface area contributed by atoms with Crippen LogP contribution in [0.5, 0.6) is 0 Å². The Hall–Kier alpha value is -1.57. The Balaban J connectivity index is 3.21. The minimum Gasteiger partial charge on any atom is -0.384 e. The molecule has 0 saturated carbocycles. The molecule has 1 rings (SSSR count). The summed E-state index contributed by atoms with van der Waals surface area (Å²) in [5.74, 6) is -0.942. The molecule has 0 aliphatic heterocycles. The highest BCUT2D eigenvalue weighted by atomic mass is 19.4. The van der Waals surface area contributed by atoms with Crippen molar-refractivity contribution in [3.8, 4) is 0 Å². The Labute approximate surface area is 89.6 Å². The summed E-state index contributed by atoms with van der Waals surface area (Å²) >= 11 is 0. The summed E-state index contributed by atoms with van der Waals surface area (Å²) in [6.07, 6.45) is -4.62. The molecule has 0 unspecified atom stereocenters. The average Bonchev–Trinajstić information content (AvgIpc) is 2.10. The van der Waals surface area contributed by atoms with Crippen molar-refractivity contribution in [2.45, 2.75) is 12.6 Å². The number of ether oxygens (including phenoxy) is 1. The Morgan fingerprint density at radius 3 is 2.38 bits per heavy atom. The highest BCUT2D eigenvalue weighted by Gasteiger charge is 2.37. The smallest absolute Gasteiger partial charge is 0.384 e. The molecular formula is C8H11F3N4O. The van der Waals surface area contributed by atoms with Crippen LogP contribution >= 0.6 is 0 Å². The van der Waals surface area contributed by atoms with Crippen molar-refractivity contribution < 1.29 is 17.9 Å². The first-order valence-electron chi connectivity index (χ1n) is 4.34. The molecule has 0 spiro atoms. The van der Waals surface area contributed by atoms with Crippen LogP contribution in [0.1, 0.15) is 11.3 Å². The summed E-state index contributed by atoms with van der Waals surface area (Å²) in [5, 5.41) is 0. The van der Waals surface area contributed by atoms with E-state index in [1.165, 1.54) is 7.11 Å². The fourth-order valence-corrected chi connectivity index (χ4v) is 1.23. The fourth-order valence-electron chi connectivity index (χ4n) is 1.23. The van der Waals surface area contributed by atoms with Crippen LogP contribution in [0.2, 0.25) is 0 Å². The molecular weight excluding hydrogens is 225 g/mol. The van der Waals surface area contributed by atoms with Crippen molar-refractivity contribution in [3.05, 3.63) is 11.3 Å². The number of hydrogen-bond donors (Lipinski definition) is 2. The summed E-state index contributed by atoms with van der Waals surface area (Å²) in [6.45, 7) is 0.0962. The molecule has 16 heavy (non-hydrogen) atoms. The van der Waals surface area contributed by atoms with E-state index in [0.717, 1.165) is 0 Å². The Morgan fingerprint density at radius 1 is 1.25 bits per heavy atom. The van der Waals surface area contributed by atoms with Crippen molar-refractivity contribution >= 4 is 11.8 Å². The molecule has 1 aromatic heterocycles. The zero-order valence-corrected chi connectivity index (χ0v) is 8.51. The average molecular weight is 236 g/mol. The minimum atomic E-state index is -4.60. The lowest BCUT2D eigenvalue weighted by atomic mass is 10.1. The van der Waals surface area contributed by atoms with Gasteiger partial charge in [-0.05, 0) is 0 Å². The minimum absolute atomic E-state index is 0.0255. The van der Waals surface area contributed by atoms with Gasteiger partial charge in [0.15, 0.2) is 0 Å². The van der Waals surface area contributed by atoms with Gasteiger partial charge in [0.05, 0.1) is 12.3 Å². The van der Waals surface area contributed by atoms with Crippen LogP contribution in [0, 0.1) is 0 Å². The first-order valence-corrected chi connectivity index (χ1v) is 4.34. The number of hydrogen-bond acceptors (Lipinski definition) is 5. The summed E-state index contributed by atoms with van der Waals surface area (Å²) in [4.78, 5) is 6.82. The monoisotopic (exact) mass is 236 g/mol.